The molecule has 5 aromatic rings. The molecule has 60 heavy (non-hydrogen) atoms. The molecular formula is C44H56N4O8S4. The molecule has 1 amide bonds. The summed E-state index contributed by atoms with van der Waals surface area (Å²) in [5.74, 6) is 1.79. The highest BCUT2D eigenvalue weighted by molar-refractivity contribution is 8.03. The normalized spacial score (nSPS) is 12.3. The number of aryl methyl sites for hydroxylation is 1. The van der Waals surface area contributed by atoms with Gasteiger partial charge in [-0.15, -0.1) is 10.2 Å². The number of carbonyl (C=O) groups excluding carboxylic acids is 1. The second-order valence-corrected chi connectivity index (χ2v) is 18.3. The van der Waals surface area contributed by atoms with Crippen molar-refractivity contribution >= 4 is 57.5 Å². The second-order valence-electron chi connectivity index (χ2n) is 13.9. The standard InChI is InChI=1S/C34H46N2O6S.C10H10N2O2S3/c1-4-6-7-8-9-10-11-12-13-33(34(38)36-35-27-14-18-29(19-15-27)40-26(3)5-2)41-30-22-24-32(25-23-30)43(39)42-31-20-16-28(37)17-21-31;1-5-3-7(14)8(4-6(5)13)16-10-12-11-9(15-2)17-10/h14-26,33,35,37H,4-13H2,1-3H3,(H,36,38);3-4,13-14H,1-2H3. The number of nitrogens with zero attached hydrogens (tertiary/aromatic N) is 2. The lowest BCUT2D eigenvalue weighted by Gasteiger charge is -2.20. The summed E-state index contributed by atoms with van der Waals surface area (Å²) < 4.78 is 31.7. The number of aromatic nitrogens is 2. The molecule has 0 bridgehead atoms. The molecule has 0 saturated carbocycles. The Hall–Kier alpha value is -4.64. The lowest BCUT2D eigenvalue weighted by molar-refractivity contribution is -0.127. The quantitative estimate of drug-likeness (QED) is 0.0182. The van der Waals surface area contributed by atoms with Gasteiger partial charge in [-0.1, -0.05) is 93.7 Å². The van der Waals surface area contributed by atoms with Crippen molar-refractivity contribution < 1.29 is 38.0 Å². The molecule has 5 N–H and O–H groups in total. The Balaban J connectivity index is 0.000000386. The van der Waals surface area contributed by atoms with Crippen molar-refractivity contribution in [3.05, 3.63) is 90.5 Å². The predicted octanol–water partition coefficient (Wildman–Crippen LogP) is 11.2. The number of thioether (sulfide) groups is 1. The molecule has 16 heteroatoms. The zero-order valence-electron chi connectivity index (χ0n) is 34.7. The van der Waals surface area contributed by atoms with Gasteiger partial charge in [0.1, 0.15) is 34.5 Å². The Kier molecular flexibility index (Phi) is 20.7. The molecule has 0 fully saturated rings. The lowest BCUT2D eigenvalue weighted by atomic mass is 10.1. The smallest absolute Gasteiger partial charge is 0.279 e. The largest absolute Gasteiger partial charge is 0.508 e. The average molecular weight is 897 g/mol. The number of rotatable bonds is 23. The minimum absolute atomic E-state index is 0.102. The van der Waals surface area contributed by atoms with Gasteiger partial charge < -0.3 is 29.0 Å². The summed E-state index contributed by atoms with van der Waals surface area (Å²) in [6, 6.07) is 23.2. The van der Waals surface area contributed by atoms with Crippen LogP contribution in [-0.4, -0.2) is 54.1 Å². The fourth-order valence-corrected chi connectivity index (χ4v) is 8.62. The van der Waals surface area contributed by atoms with Gasteiger partial charge in [-0.2, -0.15) is 0 Å². The molecular weight excluding hydrogens is 841 g/mol. The molecule has 3 unspecified atom stereocenters. The van der Waals surface area contributed by atoms with E-state index in [-0.39, 0.29) is 29.3 Å². The summed E-state index contributed by atoms with van der Waals surface area (Å²) in [5, 5.41) is 36.7. The zero-order valence-corrected chi connectivity index (χ0v) is 38.0. The number of hydrogen-bond donors (Lipinski definition) is 5. The number of benzene rings is 4. The summed E-state index contributed by atoms with van der Waals surface area (Å²) in [6.07, 6.45) is 12.2. The monoisotopic (exact) mass is 896 g/mol. The number of hydrogen-bond acceptors (Lipinski definition) is 14. The number of aromatic hydroxyl groups is 3. The van der Waals surface area contributed by atoms with E-state index < -0.39 is 17.2 Å². The van der Waals surface area contributed by atoms with Crippen LogP contribution in [0, 0.1) is 6.92 Å². The molecule has 1 heterocycles. The van der Waals surface area contributed by atoms with Gasteiger partial charge >= 0.3 is 0 Å². The number of amides is 1. The first-order valence-electron chi connectivity index (χ1n) is 20.0. The lowest BCUT2D eigenvalue weighted by Crippen LogP contribution is -2.41. The summed E-state index contributed by atoms with van der Waals surface area (Å²) in [4.78, 5) is 14.2. The first-order valence-corrected chi connectivity index (χ1v) is 24.0. The third kappa shape index (κ3) is 16.8. The van der Waals surface area contributed by atoms with Crippen LogP contribution in [-0.2, 0) is 15.9 Å². The van der Waals surface area contributed by atoms with Crippen LogP contribution in [0.25, 0.3) is 0 Å². The molecule has 3 atom stereocenters. The Morgan fingerprint density at radius 3 is 2.02 bits per heavy atom. The highest BCUT2D eigenvalue weighted by Gasteiger charge is 2.21. The molecule has 0 aliphatic rings. The van der Waals surface area contributed by atoms with Crippen molar-refractivity contribution in [1.29, 1.82) is 0 Å². The van der Waals surface area contributed by atoms with Gasteiger partial charge in [0.25, 0.3) is 5.91 Å². The number of phenols is 3. The topological polar surface area (TPSA) is 172 Å². The SMILES string of the molecule is CCCCCCCCCCC(Oc1ccc(S(=O)Oc2ccc(O)cc2)cc1)C(=O)NNc1ccc(OC(C)CC)cc1.CSc1nnc(Sc2cc(O)c(C)cc2O)s1. The molecule has 0 aliphatic heterocycles. The van der Waals surface area contributed by atoms with E-state index in [9.17, 15) is 24.3 Å². The van der Waals surface area contributed by atoms with Gasteiger partial charge in [-0.3, -0.25) is 15.6 Å². The molecule has 1 aromatic heterocycles. The van der Waals surface area contributed by atoms with Gasteiger partial charge in [0.15, 0.2) is 14.8 Å². The maximum absolute atomic E-state index is 13.2. The van der Waals surface area contributed by atoms with Gasteiger partial charge in [0.05, 0.1) is 21.6 Å². The molecule has 0 radical (unpaired) electrons. The third-order valence-corrected chi connectivity index (χ3v) is 13.0. The number of ether oxygens (including phenoxy) is 2. The van der Waals surface area contributed by atoms with E-state index in [1.165, 1.54) is 91.2 Å². The van der Waals surface area contributed by atoms with Gasteiger partial charge in [-0.05, 0) is 130 Å². The third-order valence-electron chi connectivity index (χ3n) is 9.05. The first-order chi connectivity index (χ1) is 29.0. The van der Waals surface area contributed by atoms with E-state index in [0.29, 0.717) is 33.3 Å². The number of nitrogens with one attached hydrogen (secondary N) is 2. The van der Waals surface area contributed by atoms with Crippen LogP contribution in [0.15, 0.2) is 103 Å². The van der Waals surface area contributed by atoms with Crippen molar-refractivity contribution in [2.45, 2.75) is 123 Å². The number of carbonyl (C=O) groups is 1. The van der Waals surface area contributed by atoms with Crippen LogP contribution in [0.4, 0.5) is 5.69 Å². The molecule has 0 aliphatic carbocycles. The van der Waals surface area contributed by atoms with Crippen molar-refractivity contribution in [3.8, 4) is 34.5 Å². The highest BCUT2D eigenvalue weighted by Crippen LogP contribution is 2.40. The Labute approximate surface area is 368 Å². The summed E-state index contributed by atoms with van der Waals surface area (Å²) in [5.41, 5.74) is 7.14. The minimum atomic E-state index is -1.75. The van der Waals surface area contributed by atoms with Crippen molar-refractivity contribution in [3.63, 3.8) is 0 Å². The minimum Gasteiger partial charge on any atom is -0.508 e. The van der Waals surface area contributed by atoms with Crippen molar-refractivity contribution in [2.75, 3.05) is 11.7 Å². The Morgan fingerprint density at radius 2 is 1.38 bits per heavy atom. The summed E-state index contributed by atoms with van der Waals surface area (Å²) >= 11 is 2.53. The molecule has 0 saturated heterocycles. The van der Waals surface area contributed by atoms with E-state index in [1.807, 2.05) is 37.4 Å². The highest BCUT2D eigenvalue weighted by atomic mass is 32.2. The fourth-order valence-electron chi connectivity index (χ4n) is 5.44. The average Bonchev–Trinajstić information content (AvgIpc) is 3.71. The summed E-state index contributed by atoms with van der Waals surface area (Å²) in [7, 11) is 0. The summed E-state index contributed by atoms with van der Waals surface area (Å²) in [6.45, 7) is 8.05. The molecule has 0 spiro atoms. The van der Waals surface area contributed by atoms with Crippen LogP contribution in [0.1, 0.15) is 90.5 Å². The van der Waals surface area contributed by atoms with Crippen LogP contribution in [0.3, 0.4) is 0 Å². The molecule has 12 nitrogen and oxygen atoms in total. The predicted molar refractivity (Wildman–Crippen MR) is 242 cm³/mol. The second kappa shape index (κ2) is 25.9. The zero-order chi connectivity index (χ0) is 43.3. The number of anilines is 1. The van der Waals surface area contributed by atoms with Crippen LogP contribution in [0.2, 0.25) is 0 Å². The van der Waals surface area contributed by atoms with E-state index in [4.69, 9.17) is 13.7 Å². The Morgan fingerprint density at radius 1 is 0.783 bits per heavy atom. The van der Waals surface area contributed by atoms with E-state index in [1.54, 1.807) is 43.3 Å². The van der Waals surface area contributed by atoms with Gasteiger partial charge in [-0.25, -0.2) is 4.21 Å². The van der Waals surface area contributed by atoms with Crippen molar-refractivity contribution in [2.24, 2.45) is 0 Å². The van der Waals surface area contributed by atoms with E-state index in [2.05, 4.69) is 34.9 Å². The van der Waals surface area contributed by atoms with E-state index in [0.717, 1.165) is 45.8 Å². The van der Waals surface area contributed by atoms with Gasteiger partial charge in [0, 0.05) is 0 Å². The number of unbranched alkanes of at least 4 members (excludes halogenated alkanes) is 7. The Bertz CT molecular complexity index is 2050. The maximum atomic E-state index is 13.2. The maximum Gasteiger partial charge on any atom is 0.279 e. The van der Waals surface area contributed by atoms with Gasteiger partial charge in [0.2, 0.25) is 11.1 Å². The number of phenolic OH excluding ortho intramolecular Hbond substituents is 3. The first kappa shape index (κ1) is 48.0. The van der Waals surface area contributed by atoms with Crippen LogP contribution >= 0.6 is 34.9 Å². The molecule has 324 valence electrons. The molecule has 5 rings (SSSR count). The van der Waals surface area contributed by atoms with E-state index >= 15 is 0 Å². The fraction of sp³-hybridized carbons (Fsp3) is 0.386. The van der Waals surface area contributed by atoms with Crippen LogP contribution < -0.4 is 24.5 Å². The van der Waals surface area contributed by atoms with Crippen molar-refractivity contribution in [1.82, 2.24) is 15.6 Å². The molecule has 4 aromatic carbocycles. The number of hydrazine groups is 1. The van der Waals surface area contributed by atoms with Crippen LogP contribution in [0.5, 0.6) is 34.5 Å².